The Morgan fingerprint density at radius 2 is 1.82 bits per heavy atom. The second-order valence-corrected chi connectivity index (χ2v) is 11.3. The Balaban J connectivity index is 1.56. The van der Waals surface area contributed by atoms with Gasteiger partial charge in [0, 0.05) is 29.9 Å². The zero-order valence-electron chi connectivity index (χ0n) is 21.4. The van der Waals surface area contributed by atoms with Crippen LogP contribution in [0.5, 0.6) is 0 Å². The number of para-hydroxylation sites is 1. The van der Waals surface area contributed by atoms with E-state index in [0.717, 1.165) is 5.39 Å². The lowest BCUT2D eigenvalue weighted by atomic mass is 10.0. The number of alkyl carbamates (subject to hydrolysis) is 1. The maximum absolute atomic E-state index is 13.6. The lowest BCUT2D eigenvalue weighted by molar-refractivity contribution is -0.136. The van der Waals surface area contributed by atoms with Crippen LogP contribution in [0.1, 0.15) is 31.0 Å². The minimum atomic E-state index is -3.97. The number of nitrogens with zero attached hydrogens (tertiary/aromatic N) is 3. The zero-order chi connectivity index (χ0) is 28.0. The summed E-state index contributed by atoms with van der Waals surface area (Å²) in [5.74, 6) is -0.714. The van der Waals surface area contributed by atoms with Crippen molar-refractivity contribution in [2.45, 2.75) is 43.9 Å². The average Bonchev–Trinajstić information content (AvgIpc) is 3.30. The van der Waals surface area contributed by atoms with Crippen LogP contribution in [-0.2, 0) is 39.1 Å². The third-order valence-corrected chi connectivity index (χ3v) is 7.42. The molecular weight excluding hydrogens is 524 g/mol. The van der Waals surface area contributed by atoms with Crippen molar-refractivity contribution in [2.75, 3.05) is 6.54 Å². The lowest BCUT2D eigenvalue weighted by Crippen LogP contribution is -2.38. The summed E-state index contributed by atoms with van der Waals surface area (Å²) in [6.45, 7) is 2.69. The fraction of sp³-hybridized carbons (Fsp3) is 0.259. The van der Waals surface area contributed by atoms with Gasteiger partial charge in [0.1, 0.15) is 28.4 Å². The number of sulfonamides is 1. The molecule has 0 spiro atoms. The predicted octanol–water partition coefficient (Wildman–Crippen LogP) is 3.75. The van der Waals surface area contributed by atoms with E-state index >= 15 is 0 Å². The monoisotopic (exact) mass is 552 g/mol. The first-order valence-corrected chi connectivity index (χ1v) is 13.5. The summed E-state index contributed by atoms with van der Waals surface area (Å²) in [7, 11) is -3.97. The van der Waals surface area contributed by atoms with E-state index in [9.17, 15) is 18.0 Å². The number of ether oxygens (including phenoxy) is 1. The molecule has 39 heavy (non-hydrogen) atoms. The summed E-state index contributed by atoms with van der Waals surface area (Å²) in [5, 5.41) is 11.7. The van der Waals surface area contributed by atoms with E-state index < -0.39 is 34.2 Å². The second kappa shape index (κ2) is 11.6. The molecule has 1 aromatic carbocycles. The molecule has 0 aliphatic carbocycles. The number of rotatable bonds is 11. The second-order valence-electron chi connectivity index (χ2n) is 9.41. The Hall–Kier alpha value is -4.29. The molecule has 3 heterocycles. The van der Waals surface area contributed by atoms with Gasteiger partial charge in [-0.15, -0.1) is 0 Å². The molecule has 204 valence electrons. The van der Waals surface area contributed by atoms with Gasteiger partial charge in [-0.05, 0) is 50.2 Å². The fourth-order valence-corrected chi connectivity index (χ4v) is 5.31. The van der Waals surface area contributed by atoms with E-state index in [1.54, 1.807) is 44.2 Å². The smallest absolute Gasteiger partial charge is 0.408 e. The van der Waals surface area contributed by atoms with E-state index in [4.69, 9.17) is 14.3 Å². The van der Waals surface area contributed by atoms with Gasteiger partial charge in [0.15, 0.2) is 0 Å². The number of pyridine rings is 2. The van der Waals surface area contributed by atoms with Crippen molar-refractivity contribution in [3.8, 4) is 0 Å². The lowest BCUT2D eigenvalue weighted by Gasteiger charge is -2.25. The van der Waals surface area contributed by atoms with Gasteiger partial charge in [0.25, 0.3) is 0 Å². The molecule has 2 N–H and O–H groups in total. The number of amides is 1. The number of furan rings is 1. The molecule has 0 radical (unpaired) electrons. The topological polar surface area (TPSA) is 152 Å². The first kappa shape index (κ1) is 27.7. The molecule has 3 aromatic heterocycles. The Morgan fingerprint density at radius 1 is 1.05 bits per heavy atom. The van der Waals surface area contributed by atoms with Crippen LogP contribution in [0.15, 0.2) is 82.4 Å². The van der Waals surface area contributed by atoms with Crippen molar-refractivity contribution in [1.82, 2.24) is 19.6 Å². The maximum Gasteiger partial charge on any atom is 0.408 e. The van der Waals surface area contributed by atoms with Gasteiger partial charge in [-0.1, -0.05) is 24.3 Å². The molecule has 0 aliphatic heterocycles. The number of carbonyl (C=O) groups excluding carboxylic acids is 1. The molecule has 0 atom stereocenters. The van der Waals surface area contributed by atoms with Crippen LogP contribution in [0, 0.1) is 0 Å². The summed E-state index contributed by atoms with van der Waals surface area (Å²) in [6.07, 6.45) is 2.14. The fourth-order valence-electron chi connectivity index (χ4n) is 3.97. The average molecular weight is 553 g/mol. The highest BCUT2D eigenvalue weighted by molar-refractivity contribution is 7.89. The molecule has 4 aromatic rings. The standard InChI is InChI=1S/C27H28N4O7S/c1-27(2,38-26(34)29-16-25(32)33)14-20-8-5-9-21(30-20)17-31(39(35,36)23-10-6-12-28-15-23)18-22-13-19-7-3-4-11-24(19)37-22/h3-13,15H,14,16-18H2,1-2H3,(H,29,34)(H,32,33). The number of fused-ring (bicyclic) bond motifs is 1. The molecule has 0 fully saturated rings. The van der Waals surface area contributed by atoms with Crippen LogP contribution >= 0.6 is 0 Å². The SMILES string of the molecule is CC(C)(Cc1cccc(CN(Cc2cc3ccccc3o2)S(=O)(=O)c2cccnc2)n1)OC(=O)NCC(=O)O. The number of aromatic nitrogens is 2. The van der Waals surface area contributed by atoms with Gasteiger partial charge < -0.3 is 19.6 Å². The summed E-state index contributed by atoms with van der Waals surface area (Å²) in [5.41, 5.74) is 0.679. The number of aliphatic carboxylic acids is 1. The van der Waals surface area contributed by atoms with Gasteiger partial charge in [-0.2, -0.15) is 4.31 Å². The molecule has 4 rings (SSSR count). The quantitative estimate of drug-likeness (QED) is 0.283. The number of hydrogen-bond donors (Lipinski definition) is 2. The maximum atomic E-state index is 13.6. The highest BCUT2D eigenvalue weighted by Crippen LogP contribution is 2.25. The molecule has 0 unspecified atom stereocenters. The predicted molar refractivity (Wildman–Crippen MR) is 141 cm³/mol. The van der Waals surface area contributed by atoms with Crippen LogP contribution in [0.25, 0.3) is 11.0 Å². The van der Waals surface area contributed by atoms with E-state index in [2.05, 4.69) is 15.3 Å². The minimum Gasteiger partial charge on any atom is -0.480 e. The Morgan fingerprint density at radius 3 is 2.54 bits per heavy atom. The first-order valence-electron chi connectivity index (χ1n) is 12.0. The third-order valence-electron chi connectivity index (χ3n) is 5.64. The van der Waals surface area contributed by atoms with Crippen LogP contribution in [-0.4, -0.2) is 52.0 Å². The zero-order valence-corrected chi connectivity index (χ0v) is 22.2. The number of hydrogen-bond acceptors (Lipinski definition) is 8. The summed E-state index contributed by atoms with van der Waals surface area (Å²) >= 11 is 0. The highest BCUT2D eigenvalue weighted by atomic mass is 32.2. The Bertz CT molecular complexity index is 1540. The molecule has 12 heteroatoms. The van der Waals surface area contributed by atoms with Gasteiger partial charge in [-0.3, -0.25) is 14.8 Å². The van der Waals surface area contributed by atoms with E-state index in [1.165, 1.54) is 22.8 Å². The summed E-state index contributed by atoms with van der Waals surface area (Å²) in [6, 6.07) is 17.5. The molecular formula is C27H28N4O7S. The van der Waals surface area contributed by atoms with Crippen molar-refractivity contribution in [3.05, 3.63) is 90.2 Å². The minimum absolute atomic E-state index is 0.0316. The third kappa shape index (κ3) is 7.39. The van der Waals surface area contributed by atoms with Gasteiger partial charge in [0.05, 0.1) is 18.8 Å². The number of carboxylic acid groups (broad SMARTS) is 1. The molecule has 0 aliphatic rings. The van der Waals surface area contributed by atoms with Crippen LogP contribution in [0.4, 0.5) is 4.79 Å². The number of nitrogens with one attached hydrogen (secondary N) is 1. The van der Waals surface area contributed by atoms with Crippen molar-refractivity contribution < 1.29 is 32.3 Å². The van der Waals surface area contributed by atoms with Gasteiger partial charge in [0.2, 0.25) is 10.0 Å². The molecule has 0 bridgehead atoms. The molecule has 11 nitrogen and oxygen atoms in total. The highest BCUT2D eigenvalue weighted by Gasteiger charge is 2.28. The largest absolute Gasteiger partial charge is 0.480 e. The molecule has 0 saturated carbocycles. The molecule has 1 amide bonds. The van der Waals surface area contributed by atoms with Crippen LogP contribution < -0.4 is 5.32 Å². The molecule has 0 saturated heterocycles. The number of benzene rings is 1. The van der Waals surface area contributed by atoms with Crippen molar-refractivity contribution >= 4 is 33.1 Å². The van der Waals surface area contributed by atoms with Crippen LogP contribution in [0.2, 0.25) is 0 Å². The van der Waals surface area contributed by atoms with Crippen molar-refractivity contribution in [2.24, 2.45) is 0 Å². The summed E-state index contributed by atoms with van der Waals surface area (Å²) in [4.78, 5) is 31.2. The van der Waals surface area contributed by atoms with E-state index in [0.29, 0.717) is 22.7 Å². The normalized spacial score (nSPS) is 12.0. The van der Waals surface area contributed by atoms with Gasteiger partial charge in [-0.25, -0.2) is 13.2 Å². The van der Waals surface area contributed by atoms with Crippen LogP contribution in [0.3, 0.4) is 0 Å². The van der Waals surface area contributed by atoms with E-state index in [-0.39, 0.29) is 24.4 Å². The van der Waals surface area contributed by atoms with Gasteiger partial charge >= 0.3 is 12.1 Å². The Labute approximate surface area is 225 Å². The van der Waals surface area contributed by atoms with E-state index in [1.807, 2.05) is 24.3 Å². The van der Waals surface area contributed by atoms with Crippen molar-refractivity contribution in [3.63, 3.8) is 0 Å². The number of carbonyl (C=O) groups is 2. The van der Waals surface area contributed by atoms with Crippen molar-refractivity contribution in [1.29, 1.82) is 0 Å². The number of carboxylic acids is 1. The summed E-state index contributed by atoms with van der Waals surface area (Å²) < 4.78 is 39.7. The first-order chi connectivity index (χ1) is 18.5. The Kier molecular flexibility index (Phi) is 8.27.